The van der Waals surface area contributed by atoms with Gasteiger partial charge in [-0.05, 0) is 44.9 Å². The first-order valence-electron chi connectivity index (χ1n) is 10.6. The predicted octanol–water partition coefficient (Wildman–Crippen LogP) is 2.75. The molecule has 1 atom stereocenters. The third-order valence-corrected chi connectivity index (χ3v) is 5.17. The van der Waals surface area contributed by atoms with Crippen molar-refractivity contribution >= 4 is 11.9 Å². The van der Waals surface area contributed by atoms with Gasteiger partial charge in [0.2, 0.25) is 5.75 Å². The topological polar surface area (TPSA) is 111 Å². The molecular formula is C23H28FN3O6. The number of aryl methyl sites for hydroxylation is 1. The fourth-order valence-corrected chi connectivity index (χ4v) is 3.48. The van der Waals surface area contributed by atoms with Crippen molar-refractivity contribution in [2.75, 3.05) is 19.8 Å². The molecule has 0 bridgehead atoms. The van der Waals surface area contributed by atoms with Crippen LogP contribution in [0.25, 0.3) is 0 Å². The number of halogens is 1. The lowest BCUT2D eigenvalue weighted by Gasteiger charge is -2.36. The van der Waals surface area contributed by atoms with Crippen molar-refractivity contribution < 1.29 is 28.6 Å². The molecule has 2 aromatic rings. The number of morpholine rings is 1. The van der Waals surface area contributed by atoms with E-state index in [9.17, 15) is 23.9 Å². The number of carbonyl (C=O) groups is 2. The van der Waals surface area contributed by atoms with Gasteiger partial charge < -0.3 is 14.6 Å². The van der Waals surface area contributed by atoms with E-state index in [2.05, 4.69) is 4.98 Å². The summed E-state index contributed by atoms with van der Waals surface area (Å²) in [6, 6.07) is 4.92. The Morgan fingerprint density at radius 2 is 1.94 bits per heavy atom. The zero-order chi connectivity index (χ0) is 24.3. The number of hydrogen-bond donors (Lipinski definition) is 1. The summed E-state index contributed by atoms with van der Waals surface area (Å²) in [4.78, 5) is 43.9. The molecule has 1 aliphatic heterocycles. The lowest BCUT2D eigenvalue weighted by molar-refractivity contribution is -0.0360. The number of carbonyl (C=O) groups excluding carboxylic acids is 2. The highest BCUT2D eigenvalue weighted by atomic mass is 19.1. The zero-order valence-electron chi connectivity index (χ0n) is 19.1. The van der Waals surface area contributed by atoms with Gasteiger partial charge >= 0.3 is 6.09 Å². The van der Waals surface area contributed by atoms with Gasteiger partial charge in [-0.25, -0.2) is 14.2 Å². The summed E-state index contributed by atoms with van der Waals surface area (Å²) < 4.78 is 25.2. The molecule has 1 aliphatic rings. The summed E-state index contributed by atoms with van der Waals surface area (Å²) in [6.07, 6.45) is -0.362. The SMILES string of the molecule is Cn1c(C2COCCN2C(=O)OC(C)(C)C)nc(C(=O)CCc2ccc(F)cc2)c(O)c1=O. The molecule has 1 aromatic carbocycles. The average molecular weight is 461 g/mol. The van der Waals surface area contributed by atoms with Crippen molar-refractivity contribution in [1.82, 2.24) is 14.5 Å². The number of ketones is 1. The molecule has 1 N–H and O–H groups in total. The molecule has 1 amide bonds. The van der Waals surface area contributed by atoms with Crippen molar-refractivity contribution in [3.05, 3.63) is 57.5 Å². The van der Waals surface area contributed by atoms with Crippen LogP contribution in [0.4, 0.5) is 9.18 Å². The third kappa shape index (κ3) is 5.75. The van der Waals surface area contributed by atoms with Crippen molar-refractivity contribution in [2.24, 2.45) is 7.05 Å². The summed E-state index contributed by atoms with van der Waals surface area (Å²) in [5.74, 6) is -1.58. The average Bonchev–Trinajstić information content (AvgIpc) is 2.76. The Hall–Kier alpha value is -3.27. The predicted molar refractivity (Wildman–Crippen MR) is 117 cm³/mol. The largest absolute Gasteiger partial charge is 0.501 e. The van der Waals surface area contributed by atoms with Crippen LogP contribution in [0.2, 0.25) is 0 Å². The van der Waals surface area contributed by atoms with Gasteiger partial charge in [0.05, 0.1) is 13.2 Å². The summed E-state index contributed by atoms with van der Waals surface area (Å²) in [6.45, 7) is 5.77. The number of aromatic nitrogens is 2. The Morgan fingerprint density at radius 3 is 2.58 bits per heavy atom. The number of amides is 1. The molecule has 9 nitrogen and oxygen atoms in total. The lowest BCUT2D eigenvalue weighted by Crippen LogP contribution is -2.47. The van der Waals surface area contributed by atoms with Crippen LogP contribution in [0, 0.1) is 5.82 Å². The quantitative estimate of drug-likeness (QED) is 0.682. The number of ether oxygens (including phenoxy) is 2. The minimum Gasteiger partial charge on any atom is -0.501 e. The van der Waals surface area contributed by atoms with Crippen molar-refractivity contribution in [3.63, 3.8) is 0 Å². The minimum atomic E-state index is -0.806. The summed E-state index contributed by atoms with van der Waals surface area (Å²) in [5, 5.41) is 10.3. The number of Topliss-reactive ketones (excluding diaryl/α,β-unsaturated/α-hetero) is 1. The highest BCUT2D eigenvalue weighted by Crippen LogP contribution is 2.26. The number of rotatable bonds is 5. The van der Waals surface area contributed by atoms with E-state index >= 15 is 0 Å². The van der Waals surface area contributed by atoms with E-state index in [4.69, 9.17) is 9.47 Å². The van der Waals surface area contributed by atoms with Crippen LogP contribution in [0.15, 0.2) is 29.1 Å². The molecule has 2 heterocycles. The Bertz CT molecular complexity index is 1090. The van der Waals surface area contributed by atoms with E-state index in [1.54, 1.807) is 32.9 Å². The zero-order valence-corrected chi connectivity index (χ0v) is 19.1. The van der Waals surface area contributed by atoms with E-state index in [1.807, 2.05) is 0 Å². The van der Waals surface area contributed by atoms with Crippen molar-refractivity contribution in [1.29, 1.82) is 0 Å². The molecule has 10 heteroatoms. The number of aromatic hydroxyl groups is 1. The van der Waals surface area contributed by atoms with Gasteiger partial charge in [-0.3, -0.25) is 19.1 Å². The highest BCUT2D eigenvalue weighted by Gasteiger charge is 2.35. The molecule has 33 heavy (non-hydrogen) atoms. The number of benzene rings is 1. The van der Waals surface area contributed by atoms with Crippen molar-refractivity contribution in [2.45, 2.75) is 45.3 Å². The maximum atomic E-state index is 13.1. The number of hydrogen-bond acceptors (Lipinski definition) is 7. The summed E-state index contributed by atoms with van der Waals surface area (Å²) in [7, 11) is 1.40. The first-order chi connectivity index (χ1) is 15.5. The molecule has 1 fully saturated rings. The van der Waals surface area contributed by atoms with Gasteiger partial charge in [-0.15, -0.1) is 0 Å². The van der Waals surface area contributed by atoms with E-state index < -0.39 is 34.8 Å². The van der Waals surface area contributed by atoms with Crippen LogP contribution < -0.4 is 5.56 Å². The Kier molecular flexibility index (Phi) is 7.16. The lowest BCUT2D eigenvalue weighted by atomic mass is 10.1. The molecule has 3 rings (SSSR count). The van der Waals surface area contributed by atoms with Gasteiger partial charge in [0, 0.05) is 20.0 Å². The van der Waals surface area contributed by atoms with Gasteiger partial charge in [0.15, 0.2) is 11.5 Å². The van der Waals surface area contributed by atoms with Gasteiger partial charge in [0.1, 0.15) is 23.3 Å². The second-order valence-electron chi connectivity index (χ2n) is 8.85. The molecule has 0 spiro atoms. The standard InChI is InChI=1S/C23H28FN3O6/c1-23(2,3)33-22(31)27-11-12-32-13-16(27)20-25-18(19(29)21(30)26(20)4)17(28)10-7-14-5-8-15(24)9-6-14/h5-6,8-9,16,29H,7,10-13H2,1-4H3. The van der Waals surface area contributed by atoms with Crippen LogP contribution >= 0.6 is 0 Å². The van der Waals surface area contributed by atoms with E-state index in [0.29, 0.717) is 0 Å². The Balaban J connectivity index is 1.90. The van der Waals surface area contributed by atoms with Crippen LogP contribution in [-0.4, -0.2) is 56.8 Å². The first kappa shape index (κ1) is 24.4. The Labute approximate surface area is 190 Å². The monoisotopic (exact) mass is 461 g/mol. The molecule has 1 unspecified atom stereocenters. The fraction of sp³-hybridized carbons (Fsp3) is 0.478. The van der Waals surface area contributed by atoms with Crippen LogP contribution in [0.5, 0.6) is 5.75 Å². The summed E-state index contributed by atoms with van der Waals surface area (Å²) in [5.41, 5.74) is -1.18. The third-order valence-electron chi connectivity index (χ3n) is 5.17. The van der Waals surface area contributed by atoms with E-state index in [0.717, 1.165) is 10.1 Å². The maximum Gasteiger partial charge on any atom is 0.411 e. The van der Waals surface area contributed by atoms with Crippen molar-refractivity contribution in [3.8, 4) is 5.75 Å². The smallest absolute Gasteiger partial charge is 0.411 e. The molecule has 178 valence electrons. The van der Waals surface area contributed by atoms with Gasteiger partial charge in [0.25, 0.3) is 5.56 Å². The van der Waals surface area contributed by atoms with Gasteiger partial charge in [-0.1, -0.05) is 12.1 Å². The number of nitrogens with zero attached hydrogens (tertiary/aromatic N) is 3. The molecular weight excluding hydrogens is 433 g/mol. The minimum absolute atomic E-state index is 0.0459. The van der Waals surface area contributed by atoms with E-state index in [-0.39, 0.29) is 49.9 Å². The molecule has 1 aromatic heterocycles. The fourth-order valence-electron chi connectivity index (χ4n) is 3.48. The molecule has 1 saturated heterocycles. The maximum absolute atomic E-state index is 13.1. The molecule has 0 saturated carbocycles. The second-order valence-corrected chi connectivity index (χ2v) is 8.85. The van der Waals surface area contributed by atoms with Crippen LogP contribution in [-0.2, 0) is 22.9 Å². The molecule has 0 radical (unpaired) electrons. The van der Waals surface area contributed by atoms with E-state index in [1.165, 1.54) is 24.1 Å². The Morgan fingerprint density at radius 1 is 1.27 bits per heavy atom. The highest BCUT2D eigenvalue weighted by molar-refractivity contribution is 5.96. The van der Waals surface area contributed by atoms with Crippen LogP contribution in [0.1, 0.15) is 55.1 Å². The van der Waals surface area contributed by atoms with Gasteiger partial charge in [-0.2, -0.15) is 0 Å². The second kappa shape index (κ2) is 9.70. The normalized spacial score (nSPS) is 16.5. The first-order valence-corrected chi connectivity index (χ1v) is 10.6. The summed E-state index contributed by atoms with van der Waals surface area (Å²) >= 11 is 0. The molecule has 0 aliphatic carbocycles. The van der Waals surface area contributed by atoms with Crippen LogP contribution in [0.3, 0.4) is 0 Å².